The molecule has 9 heteroatoms. The highest BCUT2D eigenvalue weighted by Gasteiger charge is 2.18. The molecule has 0 unspecified atom stereocenters. The minimum absolute atomic E-state index is 0.00209. The Balaban J connectivity index is 1.54. The fourth-order valence-corrected chi connectivity index (χ4v) is 5.22. The number of sulfonamides is 1. The van der Waals surface area contributed by atoms with E-state index in [4.69, 9.17) is 23.2 Å². The van der Waals surface area contributed by atoms with Gasteiger partial charge in [-0.15, -0.1) is 0 Å². The number of hydrogen-bond acceptors (Lipinski definition) is 4. The lowest BCUT2D eigenvalue weighted by molar-refractivity contribution is -0.114. The lowest BCUT2D eigenvalue weighted by Gasteiger charge is -2.11. The molecule has 0 saturated carbocycles. The summed E-state index contributed by atoms with van der Waals surface area (Å²) in [4.78, 5) is 16.9. The molecule has 1 N–H and O–H groups in total. The molecule has 0 radical (unpaired) electrons. The number of halogens is 2. The van der Waals surface area contributed by atoms with E-state index in [9.17, 15) is 13.2 Å². The van der Waals surface area contributed by atoms with Crippen molar-refractivity contribution in [3.8, 4) is 11.8 Å². The van der Waals surface area contributed by atoms with Crippen LogP contribution >= 0.6 is 23.2 Å². The Morgan fingerprint density at radius 2 is 1.69 bits per heavy atom. The molecule has 0 saturated heterocycles. The third-order valence-corrected chi connectivity index (χ3v) is 7.82. The fourth-order valence-electron chi connectivity index (χ4n) is 3.77. The van der Waals surface area contributed by atoms with Crippen LogP contribution in [0.25, 0.3) is 6.08 Å². The van der Waals surface area contributed by atoms with Crippen molar-refractivity contribution >= 4 is 45.2 Å². The topological polar surface area (TPSA) is 81.1 Å². The summed E-state index contributed by atoms with van der Waals surface area (Å²) >= 11 is 13.0. The highest BCUT2D eigenvalue weighted by Crippen LogP contribution is 2.25. The van der Waals surface area contributed by atoms with Gasteiger partial charge in [-0.1, -0.05) is 83.9 Å². The van der Waals surface area contributed by atoms with E-state index in [0.717, 1.165) is 28.3 Å². The fraction of sp³-hybridized carbons (Fsp3) is 0.133. The highest BCUT2D eigenvalue weighted by atomic mass is 35.5. The van der Waals surface area contributed by atoms with Crippen molar-refractivity contribution in [2.45, 2.75) is 31.7 Å². The van der Waals surface area contributed by atoms with Crippen LogP contribution in [0, 0.1) is 18.8 Å². The van der Waals surface area contributed by atoms with Gasteiger partial charge < -0.3 is 4.57 Å². The predicted octanol–water partition coefficient (Wildman–Crippen LogP) is 6.03. The van der Waals surface area contributed by atoms with Crippen LogP contribution in [-0.2, 0) is 27.8 Å². The third kappa shape index (κ3) is 7.18. The van der Waals surface area contributed by atoms with E-state index in [1.54, 1.807) is 18.2 Å². The molecule has 0 aliphatic carbocycles. The van der Waals surface area contributed by atoms with E-state index in [1.807, 2.05) is 60.9 Å². The Morgan fingerprint density at radius 3 is 2.36 bits per heavy atom. The predicted molar refractivity (Wildman–Crippen MR) is 155 cm³/mol. The van der Waals surface area contributed by atoms with Crippen LogP contribution in [0.1, 0.15) is 40.7 Å². The first-order valence-corrected chi connectivity index (χ1v) is 14.3. The number of nitrogens with one attached hydrogen (secondary N) is 1. The molecular weight excluding hydrogens is 553 g/mol. The van der Waals surface area contributed by atoms with Gasteiger partial charge in [0.25, 0.3) is 15.9 Å². The SMILES string of the molecule is CCc1nc(Cl)c(/C=C/C(=O)NS(=O)(=O)c2ccc(C)cc2)n1Cc1ccc(C#Cc2ccccc2)cc1Cl. The van der Waals surface area contributed by atoms with Gasteiger partial charge in [-0.25, -0.2) is 18.1 Å². The molecule has 1 aromatic heterocycles. The number of amides is 1. The summed E-state index contributed by atoms with van der Waals surface area (Å²) in [6.07, 6.45) is 3.15. The molecule has 0 bridgehead atoms. The first-order chi connectivity index (χ1) is 18.7. The molecule has 0 atom stereocenters. The number of imidazole rings is 1. The number of carbonyl (C=O) groups is 1. The molecule has 0 fully saturated rings. The third-order valence-electron chi connectivity index (χ3n) is 5.82. The minimum atomic E-state index is -4.02. The van der Waals surface area contributed by atoms with Crippen LogP contribution < -0.4 is 4.72 Å². The maximum absolute atomic E-state index is 12.5. The second-order valence-electron chi connectivity index (χ2n) is 8.68. The standard InChI is InChI=1S/C30H25Cl2N3O3S/c1-3-28-33-30(32)27(17-18-29(36)34-39(37,38)25-15-9-21(2)10-16-25)35(28)20-24-14-13-23(19-26(24)31)12-11-22-7-5-4-6-8-22/h4-10,13-19H,3,20H2,1-2H3,(H,34,36)/b18-17+. The van der Waals surface area contributed by atoms with Gasteiger partial charge >= 0.3 is 0 Å². The summed E-state index contributed by atoms with van der Waals surface area (Å²) in [6, 6.07) is 21.5. The van der Waals surface area contributed by atoms with Crippen molar-refractivity contribution in [3.63, 3.8) is 0 Å². The van der Waals surface area contributed by atoms with Crippen molar-refractivity contribution in [1.29, 1.82) is 0 Å². The van der Waals surface area contributed by atoms with Crippen LogP contribution in [0.2, 0.25) is 10.2 Å². The molecule has 3 aromatic carbocycles. The number of benzene rings is 3. The van der Waals surface area contributed by atoms with E-state index >= 15 is 0 Å². The van der Waals surface area contributed by atoms with Crippen LogP contribution in [0.5, 0.6) is 0 Å². The maximum Gasteiger partial charge on any atom is 0.264 e. The zero-order valence-electron chi connectivity index (χ0n) is 21.3. The number of carbonyl (C=O) groups excluding carboxylic acids is 1. The van der Waals surface area contributed by atoms with Crippen molar-refractivity contribution < 1.29 is 13.2 Å². The molecule has 1 amide bonds. The summed E-state index contributed by atoms with van der Waals surface area (Å²) in [6.45, 7) is 4.13. The van der Waals surface area contributed by atoms with Crippen molar-refractivity contribution in [3.05, 3.63) is 123 Å². The largest absolute Gasteiger partial charge is 0.323 e. The number of nitrogens with zero attached hydrogens (tertiary/aromatic N) is 2. The molecule has 4 rings (SSSR count). The summed E-state index contributed by atoms with van der Waals surface area (Å²) in [5.74, 6) is 6.11. The molecule has 1 heterocycles. The minimum Gasteiger partial charge on any atom is -0.323 e. The molecule has 0 spiro atoms. The van der Waals surface area contributed by atoms with E-state index in [1.165, 1.54) is 18.2 Å². The molecule has 0 aliphatic heterocycles. The average Bonchev–Trinajstić information content (AvgIpc) is 3.22. The van der Waals surface area contributed by atoms with Gasteiger partial charge in [0.05, 0.1) is 17.1 Å². The quantitative estimate of drug-likeness (QED) is 0.215. The molecule has 198 valence electrons. The van der Waals surface area contributed by atoms with Crippen LogP contribution in [-0.4, -0.2) is 23.9 Å². The zero-order valence-corrected chi connectivity index (χ0v) is 23.6. The monoisotopic (exact) mass is 577 g/mol. The van der Waals surface area contributed by atoms with Gasteiger partial charge in [0.2, 0.25) is 0 Å². The molecular formula is C30H25Cl2N3O3S. The molecule has 39 heavy (non-hydrogen) atoms. The van der Waals surface area contributed by atoms with Crippen LogP contribution in [0.15, 0.2) is 83.8 Å². The van der Waals surface area contributed by atoms with E-state index in [-0.39, 0.29) is 10.0 Å². The Morgan fingerprint density at radius 1 is 1.00 bits per heavy atom. The first-order valence-electron chi connectivity index (χ1n) is 12.1. The summed E-state index contributed by atoms with van der Waals surface area (Å²) in [5.41, 5.74) is 3.86. The number of rotatable bonds is 7. The van der Waals surface area contributed by atoms with Gasteiger partial charge in [-0.2, -0.15) is 0 Å². The molecule has 0 aliphatic rings. The number of aromatic nitrogens is 2. The van der Waals surface area contributed by atoms with Crippen molar-refractivity contribution in [2.24, 2.45) is 0 Å². The molecule has 6 nitrogen and oxygen atoms in total. The Bertz CT molecular complexity index is 1700. The lowest BCUT2D eigenvalue weighted by Crippen LogP contribution is -2.29. The lowest BCUT2D eigenvalue weighted by atomic mass is 10.1. The van der Waals surface area contributed by atoms with Crippen LogP contribution in [0.3, 0.4) is 0 Å². The smallest absolute Gasteiger partial charge is 0.264 e. The van der Waals surface area contributed by atoms with Gasteiger partial charge in [-0.05, 0) is 55.0 Å². The van der Waals surface area contributed by atoms with Crippen molar-refractivity contribution in [1.82, 2.24) is 14.3 Å². The average molecular weight is 579 g/mol. The van der Waals surface area contributed by atoms with Crippen LogP contribution in [0.4, 0.5) is 0 Å². The first kappa shape index (κ1) is 28.2. The van der Waals surface area contributed by atoms with E-state index in [0.29, 0.717) is 29.5 Å². The maximum atomic E-state index is 12.5. The summed E-state index contributed by atoms with van der Waals surface area (Å²) < 4.78 is 29.0. The second-order valence-corrected chi connectivity index (χ2v) is 11.1. The second kappa shape index (κ2) is 12.4. The Labute approximate surface area is 238 Å². The summed E-state index contributed by atoms with van der Waals surface area (Å²) in [7, 11) is -4.02. The van der Waals surface area contributed by atoms with Gasteiger partial charge in [-0.3, -0.25) is 4.79 Å². The van der Waals surface area contributed by atoms with Crippen molar-refractivity contribution in [2.75, 3.05) is 0 Å². The van der Waals surface area contributed by atoms with E-state index in [2.05, 4.69) is 21.5 Å². The van der Waals surface area contributed by atoms with Gasteiger partial charge in [0.1, 0.15) is 5.82 Å². The van der Waals surface area contributed by atoms with Gasteiger partial charge in [0, 0.05) is 28.6 Å². The normalized spacial score (nSPS) is 11.3. The summed E-state index contributed by atoms with van der Waals surface area (Å²) in [5, 5.41) is 0.720. The Hall–Kier alpha value is -3.83. The molecule has 4 aromatic rings. The van der Waals surface area contributed by atoms with Gasteiger partial charge in [0.15, 0.2) is 5.15 Å². The Kier molecular flexibility index (Phi) is 8.93. The zero-order chi connectivity index (χ0) is 28.0. The number of aryl methyl sites for hydroxylation is 2. The van der Waals surface area contributed by atoms with E-state index < -0.39 is 15.9 Å². The highest BCUT2D eigenvalue weighted by molar-refractivity contribution is 7.90. The number of hydrogen-bond donors (Lipinski definition) is 1.